The van der Waals surface area contributed by atoms with Crippen molar-refractivity contribution < 1.29 is 17.9 Å². The molecule has 182 valence electrons. The molecule has 0 aromatic carbocycles. The fourth-order valence-corrected chi connectivity index (χ4v) is 7.09. The Bertz CT molecular complexity index is 1090. The predicted molar refractivity (Wildman–Crippen MR) is 128 cm³/mol. The molecule has 0 spiro atoms. The predicted octanol–water partition coefficient (Wildman–Crippen LogP) is 2.62. The lowest BCUT2D eigenvalue weighted by atomic mass is 9.90. The Morgan fingerprint density at radius 3 is 2.67 bits per heavy atom. The summed E-state index contributed by atoms with van der Waals surface area (Å²) in [7, 11) is 0.376. The van der Waals surface area contributed by atoms with Gasteiger partial charge < -0.3 is 19.5 Å². The van der Waals surface area contributed by atoms with Crippen molar-refractivity contribution in [3.8, 4) is 0 Å². The summed E-state index contributed by atoms with van der Waals surface area (Å²) in [5, 5.41) is 0.539. The highest BCUT2D eigenvalue weighted by molar-refractivity contribution is 7.89. The van der Waals surface area contributed by atoms with E-state index in [0.717, 1.165) is 23.9 Å². The van der Waals surface area contributed by atoms with Crippen LogP contribution >= 0.6 is 0 Å². The number of likely N-dealkylation sites (N-methyl/N-ethyl adjacent to an activating group) is 1. The van der Waals surface area contributed by atoms with E-state index in [-0.39, 0.29) is 6.54 Å². The quantitative estimate of drug-likeness (QED) is 0.687. The van der Waals surface area contributed by atoms with Crippen LogP contribution in [0.3, 0.4) is 0 Å². The first kappa shape index (κ1) is 24.0. The summed E-state index contributed by atoms with van der Waals surface area (Å²) in [6, 6.07) is 3.99. The molecule has 0 radical (unpaired) electrons. The van der Waals surface area contributed by atoms with Crippen LogP contribution in [0.4, 0.5) is 4.79 Å². The molecule has 4 heterocycles. The first-order chi connectivity index (χ1) is 15.6. The number of amides is 1. The number of sulfonamides is 1. The topological polar surface area (TPSA) is 98.8 Å². The molecule has 2 aromatic heterocycles. The van der Waals surface area contributed by atoms with Gasteiger partial charge in [-0.25, -0.2) is 22.5 Å². The van der Waals surface area contributed by atoms with Gasteiger partial charge in [0.1, 0.15) is 11.2 Å². The van der Waals surface area contributed by atoms with E-state index in [0.29, 0.717) is 38.5 Å². The summed E-state index contributed by atoms with van der Waals surface area (Å²) >= 11 is 0. The highest BCUT2D eigenvalue weighted by atomic mass is 32.2. The van der Waals surface area contributed by atoms with Crippen molar-refractivity contribution in [3.05, 3.63) is 30.1 Å². The van der Waals surface area contributed by atoms with Crippen LogP contribution in [0.5, 0.6) is 0 Å². The second-order valence-electron chi connectivity index (χ2n) is 10.1. The minimum atomic E-state index is -3.47. The highest BCUT2D eigenvalue weighted by Gasteiger charge is 2.41. The second kappa shape index (κ2) is 9.23. The van der Waals surface area contributed by atoms with E-state index in [9.17, 15) is 13.2 Å². The van der Waals surface area contributed by atoms with Crippen molar-refractivity contribution in [1.29, 1.82) is 0 Å². The molecule has 2 saturated heterocycles. The lowest BCUT2D eigenvalue weighted by Crippen LogP contribution is -2.45. The van der Waals surface area contributed by atoms with Gasteiger partial charge in [0.05, 0.1) is 5.25 Å². The Morgan fingerprint density at radius 1 is 1.24 bits per heavy atom. The number of ether oxygens (including phenoxy) is 1. The Balaban J connectivity index is 1.34. The molecule has 10 heteroatoms. The lowest BCUT2D eigenvalue weighted by molar-refractivity contribution is 0.00295. The average molecular weight is 478 g/mol. The molecule has 0 saturated carbocycles. The zero-order chi connectivity index (χ0) is 23.8. The number of likely N-dealkylation sites (tertiary alicyclic amines) is 1. The number of nitrogens with one attached hydrogen (secondary N) is 1. The third kappa shape index (κ3) is 5.17. The molecule has 4 rings (SSSR count). The monoisotopic (exact) mass is 477 g/mol. The van der Waals surface area contributed by atoms with Crippen LogP contribution in [0, 0.1) is 0 Å². The van der Waals surface area contributed by atoms with Gasteiger partial charge in [-0.1, -0.05) is 0 Å². The third-order valence-electron chi connectivity index (χ3n) is 6.62. The molecule has 1 unspecified atom stereocenters. The summed E-state index contributed by atoms with van der Waals surface area (Å²) < 4.78 is 33.9. The molecule has 33 heavy (non-hydrogen) atoms. The van der Waals surface area contributed by atoms with E-state index in [4.69, 9.17) is 4.74 Å². The largest absolute Gasteiger partial charge is 0.442 e. The van der Waals surface area contributed by atoms with Crippen LogP contribution in [0.15, 0.2) is 24.5 Å². The van der Waals surface area contributed by atoms with E-state index in [1.54, 1.807) is 10.5 Å². The number of carbonyl (C=O) groups is 1. The Kier molecular flexibility index (Phi) is 6.70. The van der Waals surface area contributed by atoms with E-state index in [1.165, 1.54) is 10.5 Å². The van der Waals surface area contributed by atoms with Gasteiger partial charge in [0, 0.05) is 50.5 Å². The van der Waals surface area contributed by atoms with Crippen LogP contribution in [0.1, 0.15) is 44.6 Å². The van der Waals surface area contributed by atoms with Crippen LogP contribution in [-0.4, -0.2) is 96.3 Å². The van der Waals surface area contributed by atoms with Crippen LogP contribution in [-0.2, 0) is 14.8 Å². The summed E-state index contributed by atoms with van der Waals surface area (Å²) in [5.74, 6) is 0.309. The number of pyridine rings is 1. The van der Waals surface area contributed by atoms with Crippen molar-refractivity contribution >= 4 is 27.1 Å². The number of rotatable bonds is 6. The first-order valence-electron chi connectivity index (χ1n) is 11.6. The van der Waals surface area contributed by atoms with Crippen molar-refractivity contribution in [2.24, 2.45) is 0 Å². The SMILES string of the molecule is CN(C)CC(C)(C)OC(=O)N1CCC(S(=O)(=O)N2CCC(c3c[nH]c4ncccc34)CC2)C1. The fraction of sp³-hybridized carbons (Fsp3) is 0.652. The number of aromatic nitrogens is 2. The maximum atomic E-state index is 13.3. The van der Waals surface area contributed by atoms with Gasteiger partial charge in [0.15, 0.2) is 0 Å². The zero-order valence-corrected chi connectivity index (χ0v) is 20.8. The van der Waals surface area contributed by atoms with E-state index in [2.05, 4.69) is 16.0 Å². The number of fused-ring (bicyclic) bond motifs is 1. The van der Waals surface area contributed by atoms with Gasteiger partial charge in [-0.15, -0.1) is 0 Å². The number of piperidine rings is 1. The molecule has 2 aliphatic heterocycles. The van der Waals surface area contributed by atoms with Gasteiger partial charge in [-0.05, 0) is 70.8 Å². The van der Waals surface area contributed by atoms with Crippen molar-refractivity contribution in [1.82, 2.24) is 24.1 Å². The normalized spacial score (nSPS) is 21.2. The maximum Gasteiger partial charge on any atom is 0.410 e. The van der Waals surface area contributed by atoms with Crippen LogP contribution in [0.2, 0.25) is 0 Å². The molecular weight excluding hydrogens is 442 g/mol. The van der Waals surface area contributed by atoms with Crippen LogP contribution < -0.4 is 0 Å². The molecule has 1 N–H and O–H groups in total. The smallest absolute Gasteiger partial charge is 0.410 e. The molecule has 2 aromatic rings. The number of H-pyrrole nitrogens is 1. The average Bonchev–Trinajstić information content (AvgIpc) is 3.41. The molecule has 2 fully saturated rings. The molecule has 9 nitrogen and oxygen atoms in total. The number of hydrogen-bond acceptors (Lipinski definition) is 6. The van der Waals surface area contributed by atoms with Crippen LogP contribution in [0.25, 0.3) is 11.0 Å². The molecule has 1 atom stereocenters. The minimum absolute atomic E-state index is 0.188. The number of hydrogen-bond donors (Lipinski definition) is 1. The third-order valence-corrected chi connectivity index (χ3v) is 8.93. The summed E-state index contributed by atoms with van der Waals surface area (Å²) in [6.07, 6.45) is 5.33. The molecule has 0 bridgehead atoms. The van der Waals surface area contributed by atoms with Gasteiger partial charge in [0.2, 0.25) is 10.0 Å². The van der Waals surface area contributed by atoms with Gasteiger partial charge >= 0.3 is 6.09 Å². The van der Waals surface area contributed by atoms with Gasteiger partial charge in [-0.3, -0.25) is 0 Å². The fourth-order valence-electron chi connectivity index (χ4n) is 5.18. The van der Waals surface area contributed by atoms with Crippen molar-refractivity contribution in [3.63, 3.8) is 0 Å². The Labute approximate surface area is 196 Å². The van der Waals surface area contributed by atoms with Crippen molar-refractivity contribution in [2.75, 3.05) is 46.8 Å². The van der Waals surface area contributed by atoms with Crippen molar-refractivity contribution in [2.45, 2.75) is 49.9 Å². The van der Waals surface area contributed by atoms with Gasteiger partial charge in [0.25, 0.3) is 0 Å². The minimum Gasteiger partial charge on any atom is -0.442 e. The van der Waals surface area contributed by atoms with E-state index >= 15 is 0 Å². The Morgan fingerprint density at radius 2 is 1.97 bits per heavy atom. The summed E-state index contributed by atoms with van der Waals surface area (Å²) in [5.41, 5.74) is 1.44. The summed E-state index contributed by atoms with van der Waals surface area (Å²) in [6.45, 7) is 5.91. The zero-order valence-electron chi connectivity index (χ0n) is 20.0. The molecule has 1 amide bonds. The molecular formula is C23H35N5O4S. The summed E-state index contributed by atoms with van der Waals surface area (Å²) in [4.78, 5) is 23.7. The Hall–Kier alpha value is -2.17. The highest BCUT2D eigenvalue weighted by Crippen LogP contribution is 2.34. The van der Waals surface area contributed by atoms with E-state index < -0.39 is 27.0 Å². The number of aromatic amines is 1. The second-order valence-corrected chi connectivity index (χ2v) is 12.3. The number of nitrogens with zero attached hydrogens (tertiary/aromatic N) is 4. The van der Waals surface area contributed by atoms with Gasteiger partial charge in [-0.2, -0.15) is 0 Å². The molecule has 2 aliphatic rings. The standard InChI is InChI=1S/C23H35N5O4S/c1-23(2,16-26(3)4)32-22(29)27-11-9-18(15-27)33(30,31)28-12-7-17(8-13-28)20-14-25-21-19(20)6-5-10-24-21/h5-6,10,14,17-18H,7-9,11-13,15-16H2,1-4H3,(H,24,25). The van der Waals surface area contributed by atoms with E-state index in [1.807, 2.05) is 45.1 Å². The first-order valence-corrected chi connectivity index (χ1v) is 13.1. The molecule has 0 aliphatic carbocycles. The number of carbonyl (C=O) groups excluding carboxylic acids is 1. The lowest BCUT2D eigenvalue weighted by Gasteiger charge is -2.33. The maximum absolute atomic E-state index is 13.3.